The minimum Gasteiger partial charge on any atom is -0.361 e. The van der Waals surface area contributed by atoms with Crippen LogP contribution < -0.4 is 0 Å². The monoisotopic (exact) mass is 201 g/mol. The van der Waals surface area contributed by atoms with E-state index in [0.717, 1.165) is 0 Å². The summed E-state index contributed by atoms with van der Waals surface area (Å²) in [5.74, 6) is 0.164. The van der Waals surface area contributed by atoms with Crippen LogP contribution in [0, 0.1) is 11.3 Å². The Labute approximate surface area is 87.4 Å². The summed E-state index contributed by atoms with van der Waals surface area (Å²) in [4.78, 5) is 13.1. The molecule has 14 heavy (non-hydrogen) atoms. The minimum absolute atomic E-state index is 0.0400. The Morgan fingerprint density at radius 1 is 1.36 bits per heavy atom. The molecule has 0 bridgehead atoms. The standard InChI is InChI=1S/C11H23NO2/c1-9(2)10(13)12(6)8-14-7-11(3,4)5/h9H,7-8H2,1-6H3. The Morgan fingerprint density at radius 2 is 1.86 bits per heavy atom. The quantitative estimate of drug-likeness (QED) is 0.652. The molecule has 0 rings (SSSR count). The lowest BCUT2D eigenvalue weighted by atomic mass is 9.99. The average Bonchev–Trinajstić information content (AvgIpc) is 2.00. The fourth-order valence-corrected chi connectivity index (χ4v) is 0.993. The first-order valence-corrected chi connectivity index (χ1v) is 5.07. The van der Waals surface area contributed by atoms with Gasteiger partial charge >= 0.3 is 0 Å². The Kier molecular flexibility index (Phi) is 5.13. The number of carbonyl (C=O) groups is 1. The van der Waals surface area contributed by atoms with Gasteiger partial charge in [-0.05, 0) is 5.41 Å². The van der Waals surface area contributed by atoms with E-state index in [9.17, 15) is 4.79 Å². The number of rotatable bonds is 4. The summed E-state index contributed by atoms with van der Waals surface area (Å²) in [6.07, 6.45) is 0. The van der Waals surface area contributed by atoms with Crippen molar-refractivity contribution in [2.75, 3.05) is 20.4 Å². The van der Waals surface area contributed by atoms with E-state index in [4.69, 9.17) is 4.74 Å². The highest BCUT2D eigenvalue weighted by Crippen LogP contribution is 2.12. The first kappa shape index (κ1) is 13.4. The normalized spacial score (nSPS) is 11.9. The van der Waals surface area contributed by atoms with Crippen LogP contribution in [0.25, 0.3) is 0 Å². The third-order valence-corrected chi connectivity index (χ3v) is 1.69. The number of hydrogen-bond donors (Lipinski definition) is 0. The van der Waals surface area contributed by atoms with Gasteiger partial charge in [-0.3, -0.25) is 4.79 Å². The van der Waals surface area contributed by atoms with E-state index in [-0.39, 0.29) is 17.2 Å². The number of hydrogen-bond acceptors (Lipinski definition) is 2. The molecule has 0 saturated carbocycles. The first-order valence-electron chi connectivity index (χ1n) is 5.07. The van der Waals surface area contributed by atoms with E-state index < -0.39 is 0 Å². The van der Waals surface area contributed by atoms with E-state index in [1.807, 2.05) is 13.8 Å². The molecule has 0 aromatic heterocycles. The molecule has 0 unspecified atom stereocenters. The van der Waals surface area contributed by atoms with Gasteiger partial charge in [0.1, 0.15) is 6.73 Å². The lowest BCUT2D eigenvalue weighted by Gasteiger charge is -2.23. The SMILES string of the molecule is CC(C)C(=O)N(C)COCC(C)(C)C. The second-order valence-electron chi connectivity index (χ2n) is 5.23. The zero-order valence-electron chi connectivity index (χ0n) is 10.3. The van der Waals surface area contributed by atoms with E-state index in [1.165, 1.54) is 0 Å². The minimum atomic E-state index is 0.0400. The number of amides is 1. The molecule has 0 radical (unpaired) electrons. The van der Waals surface area contributed by atoms with Crippen molar-refractivity contribution >= 4 is 5.91 Å². The Balaban J connectivity index is 3.75. The highest BCUT2D eigenvalue weighted by Gasteiger charge is 2.14. The van der Waals surface area contributed by atoms with E-state index in [0.29, 0.717) is 13.3 Å². The molecular weight excluding hydrogens is 178 g/mol. The van der Waals surface area contributed by atoms with Gasteiger partial charge in [0, 0.05) is 13.0 Å². The molecule has 0 N–H and O–H groups in total. The van der Waals surface area contributed by atoms with Crippen molar-refractivity contribution in [3.8, 4) is 0 Å². The van der Waals surface area contributed by atoms with Gasteiger partial charge in [0.15, 0.2) is 0 Å². The van der Waals surface area contributed by atoms with Crippen molar-refractivity contribution in [3.63, 3.8) is 0 Å². The van der Waals surface area contributed by atoms with Crippen molar-refractivity contribution in [2.45, 2.75) is 34.6 Å². The summed E-state index contributed by atoms with van der Waals surface area (Å²) in [6, 6.07) is 0. The first-order chi connectivity index (χ1) is 6.24. The van der Waals surface area contributed by atoms with Crippen LogP contribution >= 0.6 is 0 Å². The Bertz CT molecular complexity index is 182. The lowest BCUT2D eigenvalue weighted by molar-refractivity contribution is -0.139. The average molecular weight is 201 g/mol. The van der Waals surface area contributed by atoms with Crippen molar-refractivity contribution in [2.24, 2.45) is 11.3 Å². The van der Waals surface area contributed by atoms with Crippen molar-refractivity contribution in [1.82, 2.24) is 4.90 Å². The van der Waals surface area contributed by atoms with Crippen molar-refractivity contribution < 1.29 is 9.53 Å². The second kappa shape index (κ2) is 5.35. The molecule has 0 aromatic carbocycles. The van der Waals surface area contributed by atoms with Gasteiger partial charge in [0.2, 0.25) is 5.91 Å². The van der Waals surface area contributed by atoms with Crippen molar-refractivity contribution in [3.05, 3.63) is 0 Å². The molecule has 0 aliphatic heterocycles. The fraction of sp³-hybridized carbons (Fsp3) is 0.909. The molecule has 3 nitrogen and oxygen atoms in total. The van der Waals surface area contributed by atoms with Crippen LogP contribution in [0.5, 0.6) is 0 Å². The molecule has 3 heteroatoms. The summed E-state index contributed by atoms with van der Waals surface area (Å²) in [5, 5.41) is 0. The van der Waals surface area contributed by atoms with Crippen LogP contribution in [0.15, 0.2) is 0 Å². The number of nitrogens with zero attached hydrogens (tertiary/aromatic N) is 1. The molecule has 0 atom stereocenters. The molecule has 0 saturated heterocycles. The fourth-order valence-electron chi connectivity index (χ4n) is 0.993. The summed E-state index contributed by atoms with van der Waals surface area (Å²) >= 11 is 0. The molecule has 1 amide bonds. The predicted molar refractivity (Wildman–Crippen MR) is 57.9 cm³/mol. The number of carbonyl (C=O) groups excluding carboxylic acids is 1. The molecule has 0 spiro atoms. The third-order valence-electron chi connectivity index (χ3n) is 1.69. The van der Waals surface area contributed by atoms with Crippen LogP contribution in [0.1, 0.15) is 34.6 Å². The highest BCUT2D eigenvalue weighted by molar-refractivity contribution is 5.77. The Hall–Kier alpha value is -0.570. The maximum absolute atomic E-state index is 11.4. The second-order valence-corrected chi connectivity index (χ2v) is 5.23. The molecule has 0 aliphatic carbocycles. The smallest absolute Gasteiger partial charge is 0.226 e. The predicted octanol–water partition coefficient (Wildman–Crippen LogP) is 2.12. The molecule has 84 valence electrons. The topological polar surface area (TPSA) is 29.5 Å². The van der Waals surface area contributed by atoms with Gasteiger partial charge in [-0.25, -0.2) is 0 Å². The van der Waals surface area contributed by atoms with Crippen LogP contribution in [-0.2, 0) is 9.53 Å². The van der Waals surface area contributed by atoms with Gasteiger partial charge < -0.3 is 9.64 Å². The van der Waals surface area contributed by atoms with E-state index in [1.54, 1.807) is 11.9 Å². The van der Waals surface area contributed by atoms with Gasteiger partial charge in [0.25, 0.3) is 0 Å². The zero-order valence-corrected chi connectivity index (χ0v) is 10.3. The van der Waals surface area contributed by atoms with Crippen LogP contribution in [0.4, 0.5) is 0 Å². The zero-order chi connectivity index (χ0) is 11.4. The van der Waals surface area contributed by atoms with Gasteiger partial charge in [-0.15, -0.1) is 0 Å². The molecular formula is C11H23NO2. The summed E-state index contributed by atoms with van der Waals surface area (Å²) in [6.45, 7) is 11.2. The maximum atomic E-state index is 11.4. The molecule has 0 heterocycles. The van der Waals surface area contributed by atoms with Crippen LogP contribution in [0.3, 0.4) is 0 Å². The van der Waals surface area contributed by atoms with Gasteiger partial charge in [0.05, 0.1) is 6.61 Å². The molecule has 0 aliphatic rings. The lowest BCUT2D eigenvalue weighted by Crippen LogP contribution is -2.33. The highest BCUT2D eigenvalue weighted by atomic mass is 16.5. The third kappa shape index (κ3) is 5.97. The largest absolute Gasteiger partial charge is 0.361 e. The van der Waals surface area contributed by atoms with Crippen LogP contribution in [0.2, 0.25) is 0 Å². The van der Waals surface area contributed by atoms with E-state index >= 15 is 0 Å². The van der Waals surface area contributed by atoms with Crippen molar-refractivity contribution in [1.29, 1.82) is 0 Å². The summed E-state index contributed by atoms with van der Waals surface area (Å²) < 4.78 is 5.44. The van der Waals surface area contributed by atoms with Crippen LogP contribution in [-0.4, -0.2) is 31.2 Å². The number of ether oxygens (including phenoxy) is 1. The van der Waals surface area contributed by atoms with E-state index in [2.05, 4.69) is 20.8 Å². The molecule has 0 aromatic rings. The Morgan fingerprint density at radius 3 is 2.21 bits per heavy atom. The summed E-state index contributed by atoms with van der Waals surface area (Å²) in [7, 11) is 1.77. The van der Waals surface area contributed by atoms with Gasteiger partial charge in [-0.1, -0.05) is 34.6 Å². The molecule has 0 fully saturated rings. The van der Waals surface area contributed by atoms with Gasteiger partial charge in [-0.2, -0.15) is 0 Å². The summed E-state index contributed by atoms with van der Waals surface area (Å²) in [5.41, 5.74) is 0.154. The maximum Gasteiger partial charge on any atom is 0.226 e.